The zero-order chi connectivity index (χ0) is 25.8. The second kappa shape index (κ2) is 11.6. The Morgan fingerprint density at radius 2 is 2.28 bits per heavy atom. The Hall–Kier alpha value is -2.70. The molecule has 10 heteroatoms. The Morgan fingerprint density at radius 1 is 1.47 bits per heavy atom. The summed E-state index contributed by atoms with van der Waals surface area (Å²) in [7, 11) is 4.28. The van der Waals surface area contributed by atoms with Crippen LogP contribution >= 0.6 is 22.6 Å². The van der Waals surface area contributed by atoms with Crippen LogP contribution in [-0.2, 0) is 0 Å². The number of aromatic amines is 1. The molecule has 1 saturated heterocycles. The van der Waals surface area contributed by atoms with Crippen molar-refractivity contribution in [3.8, 4) is 0 Å². The predicted octanol–water partition coefficient (Wildman–Crippen LogP) is 3.46. The number of nitrogens with zero attached hydrogens (tertiary/aromatic N) is 4. The van der Waals surface area contributed by atoms with Crippen molar-refractivity contribution in [1.29, 1.82) is 0 Å². The largest absolute Gasteiger partial charge is 0.404 e. The van der Waals surface area contributed by atoms with Crippen LogP contribution < -0.4 is 16.4 Å². The van der Waals surface area contributed by atoms with Crippen molar-refractivity contribution in [3.63, 3.8) is 0 Å². The van der Waals surface area contributed by atoms with E-state index in [-0.39, 0.29) is 12.0 Å². The number of imidazole rings is 1. The lowest BCUT2D eigenvalue weighted by Gasteiger charge is -2.23. The Kier molecular flexibility index (Phi) is 8.47. The summed E-state index contributed by atoms with van der Waals surface area (Å²) >= 11 is 2.24. The third-order valence-electron chi connectivity index (χ3n) is 6.38. The molecule has 1 unspecified atom stereocenters. The van der Waals surface area contributed by atoms with E-state index in [4.69, 9.17) is 5.73 Å². The molecule has 0 saturated carbocycles. The number of allylic oxidation sites excluding steroid dienone is 2. The van der Waals surface area contributed by atoms with Crippen LogP contribution in [0.4, 0.5) is 4.39 Å². The van der Waals surface area contributed by atoms with E-state index in [0.717, 1.165) is 46.5 Å². The highest BCUT2D eigenvalue weighted by molar-refractivity contribution is 14.1. The number of dihydropyridines is 1. The van der Waals surface area contributed by atoms with Gasteiger partial charge in [-0.15, -0.1) is 0 Å². The number of rotatable bonds is 9. The molecule has 1 aromatic heterocycles. The van der Waals surface area contributed by atoms with Crippen molar-refractivity contribution in [2.75, 3.05) is 40.3 Å². The van der Waals surface area contributed by atoms with E-state index < -0.39 is 0 Å². The molecule has 1 fully saturated rings. The number of hydrogen-bond donors (Lipinski definition) is 4. The van der Waals surface area contributed by atoms with Gasteiger partial charge in [0.15, 0.2) is 5.82 Å². The highest BCUT2D eigenvalue weighted by atomic mass is 127. The molecule has 0 aliphatic carbocycles. The van der Waals surface area contributed by atoms with E-state index in [1.807, 2.05) is 25.3 Å². The van der Waals surface area contributed by atoms with Crippen LogP contribution in [0.1, 0.15) is 17.8 Å². The summed E-state index contributed by atoms with van der Waals surface area (Å²) in [5, 5.41) is 6.54. The summed E-state index contributed by atoms with van der Waals surface area (Å²) in [6.45, 7) is 9.91. The van der Waals surface area contributed by atoms with Crippen LogP contribution in [-0.4, -0.2) is 72.4 Å². The van der Waals surface area contributed by atoms with Gasteiger partial charge in [-0.2, -0.15) is 0 Å². The van der Waals surface area contributed by atoms with E-state index >= 15 is 0 Å². The van der Waals surface area contributed by atoms with Crippen LogP contribution in [0, 0.1) is 18.7 Å². The molecule has 1 aromatic carbocycles. The van der Waals surface area contributed by atoms with Crippen molar-refractivity contribution < 1.29 is 4.39 Å². The van der Waals surface area contributed by atoms with Gasteiger partial charge in [0.1, 0.15) is 23.3 Å². The summed E-state index contributed by atoms with van der Waals surface area (Å²) in [6, 6.07) is 3.44. The predicted molar refractivity (Wildman–Crippen MR) is 154 cm³/mol. The molecular formula is C26H34FIN8. The first-order chi connectivity index (χ1) is 17.2. The van der Waals surface area contributed by atoms with E-state index in [1.54, 1.807) is 12.4 Å². The highest BCUT2D eigenvalue weighted by Crippen LogP contribution is 2.32. The minimum Gasteiger partial charge on any atom is -0.404 e. The van der Waals surface area contributed by atoms with Crippen molar-refractivity contribution in [3.05, 3.63) is 69.4 Å². The minimum atomic E-state index is -0.347. The Labute approximate surface area is 225 Å². The zero-order valence-electron chi connectivity index (χ0n) is 21.0. The van der Waals surface area contributed by atoms with Gasteiger partial charge in [0.05, 0.1) is 5.52 Å². The minimum absolute atomic E-state index is 0.252. The Bertz CT molecular complexity index is 1240. The van der Waals surface area contributed by atoms with Gasteiger partial charge < -0.3 is 31.2 Å². The molecular weight excluding hydrogens is 570 g/mol. The number of likely N-dealkylation sites (tertiary alicyclic amines) is 1. The number of H-pyrrole nitrogens is 1. The molecule has 0 bridgehead atoms. The average Bonchev–Trinajstić information content (AvgIpc) is 3.42. The fraction of sp³-hybridized carbons (Fsp3) is 0.385. The maximum Gasteiger partial charge on any atom is 0.151 e. The summed E-state index contributed by atoms with van der Waals surface area (Å²) in [5.74, 6) is 1.52. The Balaban J connectivity index is 1.38. The lowest BCUT2D eigenvalue weighted by Crippen LogP contribution is -2.38. The smallest absolute Gasteiger partial charge is 0.151 e. The van der Waals surface area contributed by atoms with Gasteiger partial charge in [0.2, 0.25) is 0 Å². The summed E-state index contributed by atoms with van der Waals surface area (Å²) < 4.78 is 15.6. The summed E-state index contributed by atoms with van der Waals surface area (Å²) in [6.07, 6.45) is 8.22. The molecule has 0 radical (unpaired) electrons. The van der Waals surface area contributed by atoms with Gasteiger partial charge in [-0.25, -0.2) is 14.4 Å². The first-order valence-electron chi connectivity index (χ1n) is 12.0. The van der Waals surface area contributed by atoms with Gasteiger partial charge in [0, 0.05) is 35.6 Å². The molecule has 0 amide bonds. The van der Waals surface area contributed by atoms with E-state index in [0.29, 0.717) is 28.6 Å². The molecule has 2 aromatic rings. The van der Waals surface area contributed by atoms with E-state index in [9.17, 15) is 4.39 Å². The number of nitrogens with one attached hydrogen (secondary N) is 3. The van der Waals surface area contributed by atoms with Crippen molar-refractivity contribution in [2.24, 2.45) is 16.6 Å². The zero-order valence-corrected chi connectivity index (χ0v) is 23.1. The monoisotopic (exact) mass is 604 g/mol. The molecule has 5 N–H and O–H groups in total. The number of aromatic nitrogens is 2. The van der Waals surface area contributed by atoms with Crippen molar-refractivity contribution in [2.45, 2.75) is 19.5 Å². The number of aryl methyl sites for hydroxylation is 1. The Morgan fingerprint density at radius 3 is 3.00 bits per heavy atom. The standard InChI is InChI=1S/C26H34FIN8/c1-16(30-11-19(10-29)15-36(4)14-18-5-6-35(3)13-18)33-25-9-21(23(28)12-31-25)20-7-22(27)26-24(8-20)32-17(2)34-26/h7-12,18,25,31,33H,1,5-6,13-15,29H2,2-4H3,(H,32,34)/b19-10+,30-11?/t18-,25?/m1/s1. The molecule has 3 heterocycles. The van der Waals surface area contributed by atoms with Gasteiger partial charge in [-0.1, -0.05) is 6.58 Å². The van der Waals surface area contributed by atoms with Crippen molar-refractivity contribution in [1.82, 2.24) is 30.4 Å². The third kappa shape index (κ3) is 6.54. The number of likely N-dealkylation sites (N-methyl/N-ethyl adjacent to an activating group) is 1. The number of aliphatic imine (C=N–C) groups is 1. The fourth-order valence-electron chi connectivity index (χ4n) is 4.71. The SMILES string of the molecule is C=C(N=C/C(=C\N)CN(C)C[C@@H]1CCN(C)C1)NC1C=C(c2cc(F)c3nc(C)[nH]c3c2)C(I)=CN1. The molecule has 2 aliphatic heterocycles. The third-order valence-corrected chi connectivity index (χ3v) is 7.28. The quantitative estimate of drug-likeness (QED) is 0.259. The van der Waals surface area contributed by atoms with Gasteiger partial charge in [-0.05, 0) is 104 Å². The van der Waals surface area contributed by atoms with Crippen LogP contribution in [0.15, 0.2) is 57.2 Å². The number of nitrogens with two attached hydrogens (primary N) is 1. The lowest BCUT2D eigenvalue weighted by molar-refractivity contribution is 0.293. The molecule has 4 rings (SSSR count). The maximum atomic E-state index is 14.7. The van der Waals surface area contributed by atoms with Gasteiger partial charge >= 0.3 is 0 Å². The number of halogens is 2. The van der Waals surface area contributed by atoms with E-state index in [2.05, 4.69) is 78.7 Å². The molecule has 8 nitrogen and oxygen atoms in total. The van der Waals surface area contributed by atoms with Gasteiger partial charge in [-0.3, -0.25) is 0 Å². The summed E-state index contributed by atoms with van der Waals surface area (Å²) in [4.78, 5) is 16.5. The molecule has 36 heavy (non-hydrogen) atoms. The second-order valence-electron chi connectivity index (χ2n) is 9.60. The van der Waals surface area contributed by atoms with Crippen LogP contribution in [0.2, 0.25) is 0 Å². The molecule has 2 atom stereocenters. The molecule has 0 spiro atoms. The van der Waals surface area contributed by atoms with Crippen molar-refractivity contribution >= 4 is 45.4 Å². The first-order valence-corrected chi connectivity index (χ1v) is 13.1. The molecule has 192 valence electrons. The second-order valence-corrected chi connectivity index (χ2v) is 10.8. The topological polar surface area (TPSA) is 97.6 Å². The highest BCUT2D eigenvalue weighted by Gasteiger charge is 2.21. The summed E-state index contributed by atoms with van der Waals surface area (Å²) in [5.41, 5.74) is 9.51. The maximum absolute atomic E-state index is 14.7. The van der Waals surface area contributed by atoms with E-state index in [1.165, 1.54) is 12.5 Å². The number of fused-ring (bicyclic) bond motifs is 1. The van der Waals surface area contributed by atoms with Gasteiger partial charge in [0.25, 0.3) is 0 Å². The normalized spacial score (nSPS) is 21.2. The fourth-order valence-corrected chi connectivity index (χ4v) is 5.38. The number of hydrogen-bond acceptors (Lipinski definition) is 7. The van der Waals surface area contributed by atoms with Crippen LogP contribution in [0.5, 0.6) is 0 Å². The molecule has 2 aliphatic rings. The van der Waals surface area contributed by atoms with Crippen LogP contribution in [0.3, 0.4) is 0 Å². The average molecular weight is 605 g/mol. The number of benzene rings is 1. The first kappa shape index (κ1) is 26.4. The van der Waals surface area contributed by atoms with Crippen LogP contribution in [0.25, 0.3) is 16.6 Å². The lowest BCUT2D eigenvalue weighted by atomic mass is 10.0.